The molecule has 0 aliphatic rings. The summed E-state index contributed by atoms with van der Waals surface area (Å²) in [7, 11) is -2.69. The van der Waals surface area contributed by atoms with Crippen LogP contribution in [0.1, 0.15) is 5.56 Å². The average molecular weight is 435 g/mol. The van der Waals surface area contributed by atoms with E-state index in [0.717, 1.165) is 12.4 Å². The monoisotopic (exact) mass is 434 g/mol. The first-order valence-electron chi connectivity index (χ1n) is 7.37. The second-order valence-corrected chi connectivity index (χ2v) is 7.58. The minimum absolute atomic E-state index is 0. The highest BCUT2D eigenvalue weighted by atomic mass is 35.5. The number of hydrogen-bond acceptors (Lipinski definition) is 5. The van der Waals surface area contributed by atoms with Gasteiger partial charge in [0.25, 0.3) is 10.0 Å². The maximum atomic E-state index is 14.9. The van der Waals surface area contributed by atoms with E-state index in [-0.39, 0.29) is 40.0 Å². The molecular weight excluding hydrogens is 421 g/mol. The molecule has 0 aromatic carbocycles. The van der Waals surface area contributed by atoms with Gasteiger partial charge in [0.1, 0.15) is 10.6 Å². The molecule has 3 heterocycles. The van der Waals surface area contributed by atoms with E-state index in [1.54, 1.807) is 7.05 Å². The standard InChI is InChI=1S/C16H13ClF2N4O2S.ClH/c1-20-6-10-9-23(26(24,25)12-5-11(17)7-21-8-12)15(14(10)18)13-3-2-4-22-16(13)19;/h2-5,7-9,20H,6H2,1H3;1H. The van der Waals surface area contributed by atoms with Crippen LogP contribution in [0.2, 0.25) is 5.02 Å². The molecular formula is C16H14Cl2F2N4O2S. The van der Waals surface area contributed by atoms with E-state index in [4.69, 9.17) is 11.6 Å². The van der Waals surface area contributed by atoms with E-state index in [1.807, 2.05) is 0 Å². The largest absolute Gasteiger partial charge is 0.316 e. The summed E-state index contributed by atoms with van der Waals surface area (Å²) in [5.74, 6) is -1.84. The molecule has 0 bridgehead atoms. The minimum atomic E-state index is -4.27. The number of rotatable bonds is 5. The van der Waals surface area contributed by atoms with Crippen molar-refractivity contribution in [1.29, 1.82) is 0 Å². The van der Waals surface area contributed by atoms with Crippen molar-refractivity contribution >= 4 is 34.0 Å². The molecule has 0 spiro atoms. The third-order valence-corrected chi connectivity index (χ3v) is 5.43. The first kappa shape index (κ1) is 21.2. The fraction of sp³-hybridized carbons (Fsp3) is 0.125. The highest BCUT2D eigenvalue weighted by Gasteiger charge is 2.28. The predicted molar refractivity (Wildman–Crippen MR) is 99.4 cm³/mol. The SMILES string of the molecule is CNCc1cn(S(=O)(=O)c2cncc(Cl)c2)c(-c2cccnc2F)c1F.Cl. The zero-order valence-corrected chi connectivity index (χ0v) is 16.2. The number of hydrogen-bond donors (Lipinski definition) is 1. The predicted octanol–water partition coefficient (Wildman–Crippen LogP) is 3.25. The second kappa shape index (κ2) is 8.30. The van der Waals surface area contributed by atoms with Crippen molar-refractivity contribution in [2.45, 2.75) is 11.4 Å². The van der Waals surface area contributed by atoms with Gasteiger partial charge in [-0.2, -0.15) is 4.39 Å². The van der Waals surface area contributed by atoms with Gasteiger partial charge < -0.3 is 5.32 Å². The van der Waals surface area contributed by atoms with E-state index in [1.165, 1.54) is 30.6 Å². The van der Waals surface area contributed by atoms with Crippen LogP contribution >= 0.6 is 24.0 Å². The Labute approximate surface area is 165 Å². The molecule has 0 saturated heterocycles. The quantitative estimate of drug-likeness (QED) is 0.623. The van der Waals surface area contributed by atoms with Crippen LogP contribution in [0.5, 0.6) is 0 Å². The van der Waals surface area contributed by atoms with Gasteiger partial charge >= 0.3 is 0 Å². The van der Waals surface area contributed by atoms with Crippen molar-refractivity contribution in [3.8, 4) is 11.3 Å². The third-order valence-electron chi connectivity index (χ3n) is 3.60. The molecule has 0 fully saturated rings. The van der Waals surface area contributed by atoms with Gasteiger partial charge in [-0.05, 0) is 25.2 Å². The Morgan fingerprint density at radius 3 is 2.67 bits per heavy atom. The van der Waals surface area contributed by atoms with E-state index >= 15 is 0 Å². The van der Waals surface area contributed by atoms with Crippen molar-refractivity contribution in [2.24, 2.45) is 0 Å². The van der Waals surface area contributed by atoms with Crippen LogP contribution in [-0.2, 0) is 16.6 Å². The molecule has 1 N–H and O–H groups in total. The number of pyridine rings is 2. The first-order valence-corrected chi connectivity index (χ1v) is 9.19. The summed E-state index contributed by atoms with van der Waals surface area (Å²) < 4.78 is 55.7. The molecule has 3 aromatic heterocycles. The van der Waals surface area contributed by atoms with Gasteiger partial charge in [0.15, 0.2) is 5.82 Å². The molecule has 0 aliphatic carbocycles. The van der Waals surface area contributed by atoms with Gasteiger partial charge in [-0.25, -0.2) is 21.8 Å². The summed E-state index contributed by atoms with van der Waals surface area (Å²) in [4.78, 5) is 6.97. The third kappa shape index (κ3) is 3.96. The fourth-order valence-electron chi connectivity index (χ4n) is 2.46. The van der Waals surface area contributed by atoms with Crippen LogP contribution in [0.15, 0.2) is 47.9 Å². The van der Waals surface area contributed by atoms with Crippen LogP contribution in [0, 0.1) is 11.8 Å². The Bertz CT molecular complexity index is 1070. The van der Waals surface area contributed by atoms with Crippen LogP contribution in [0.25, 0.3) is 11.3 Å². The Balaban J connectivity index is 0.00000261. The van der Waals surface area contributed by atoms with E-state index < -0.39 is 27.5 Å². The molecule has 6 nitrogen and oxygen atoms in total. The molecule has 0 unspecified atom stereocenters. The zero-order chi connectivity index (χ0) is 18.9. The van der Waals surface area contributed by atoms with Gasteiger partial charge in [0, 0.05) is 36.9 Å². The van der Waals surface area contributed by atoms with Gasteiger partial charge in [-0.3, -0.25) is 4.98 Å². The van der Waals surface area contributed by atoms with Crippen LogP contribution in [0.4, 0.5) is 8.78 Å². The maximum Gasteiger partial charge on any atom is 0.269 e. The van der Waals surface area contributed by atoms with Crippen LogP contribution in [-0.4, -0.2) is 29.4 Å². The highest BCUT2D eigenvalue weighted by Crippen LogP contribution is 2.32. The van der Waals surface area contributed by atoms with Crippen LogP contribution in [0.3, 0.4) is 0 Å². The average Bonchev–Trinajstić information content (AvgIpc) is 2.93. The Morgan fingerprint density at radius 2 is 2.04 bits per heavy atom. The summed E-state index contributed by atoms with van der Waals surface area (Å²) >= 11 is 5.82. The highest BCUT2D eigenvalue weighted by molar-refractivity contribution is 7.90. The molecule has 0 amide bonds. The van der Waals surface area contributed by atoms with Crippen LogP contribution < -0.4 is 5.32 Å². The Kier molecular flexibility index (Phi) is 6.53. The molecule has 0 atom stereocenters. The Morgan fingerprint density at radius 1 is 1.30 bits per heavy atom. The molecule has 0 radical (unpaired) electrons. The normalized spacial score (nSPS) is 11.3. The van der Waals surface area contributed by atoms with Crippen molar-refractivity contribution in [3.05, 3.63) is 65.3 Å². The lowest BCUT2D eigenvalue weighted by molar-refractivity contribution is 0.574. The summed E-state index contributed by atoms with van der Waals surface area (Å²) in [6.07, 6.45) is 4.64. The topological polar surface area (TPSA) is 76.9 Å². The van der Waals surface area contributed by atoms with Gasteiger partial charge in [0.2, 0.25) is 5.95 Å². The molecule has 27 heavy (non-hydrogen) atoms. The summed E-state index contributed by atoms with van der Waals surface area (Å²) in [6, 6.07) is 3.83. The Hall–Kier alpha value is -2.07. The minimum Gasteiger partial charge on any atom is -0.316 e. The van der Waals surface area contributed by atoms with Gasteiger partial charge in [-0.15, -0.1) is 12.4 Å². The molecule has 11 heteroatoms. The van der Waals surface area contributed by atoms with Crippen molar-refractivity contribution in [1.82, 2.24) is 19.3 Å². The molecule has 3 aromatic rings. The van der Waals surface area contributed by atoms with Gasteiger partial charge in [0.05, 0.1) is 10.6 Å². The summed E-state index contributed by atoms with van der Waals surface area (Å²) in [5, 5.41) is 2.84. The first-order chi connectivity index (χ1) is 12.4. The van der Waals surface area contributed by atoms with Crippen molar-refractivity contribution < 1.29 is 17.2 Å². The lowest BCUT2D eigenvalue weighted by atomic mass is 10.2. The number of nitrogens with one attached hydrogen (secondary N) is 1. The zero-order valence-electron chi connectivity index (χ0n) is 13.9. The summed E-state index contributed by atoms with van der Waals surface area (Å²) in [6.45, 7) is 0.0526. The summed E-state index contributed by atoms with van der Waals surface area (Å²) in [5.41, 5.74) is -0.656. The van der Waals surface area contributed by atoms with E-state index in [2.05, 4.69) is 15.3 Å². The molecule has 0 saturated carbocycles. The van der Waals surface area contributed by atoms with Crippen molar-refractivity contribution in [2.75, 3.05) is 7.05 Å². The lowest BCUT2D eigenvalue weighted by Crippen LogP contribution is -2.14. The van der Waals surface area contributed by atoms with Gasteiger partial charge in [-0.1, -0.05) is 11.6 Å². The molecule has 0 aliphatic heterocycles. The molecule has 144 valence electrons. The van der Waals surface area contributed by atoms with E-state index in [9.17, 15) is 17.2 Å². The second-order valence-electron chi connectivity index (χ2n) is 5.33. The van der Waals surface area contributed by atoms with E-state index in [0.29, 0.717) is 3.97 Å². The number of nitrogens with zero attached hydrogens (tertiary/aromatic N) is 3. The smallest absolute Gasteiger partial charge is 0.269 e. The fourth-order valence-corrected chi connectivity index (χ4v) is 4.08. The number of halogens is 4. The number of aromatic nitrogens is 3. The van der Waals surface area contributed by atoms with Crippen molar-refractivity contribution in [3.63, 3.8) is 0 Å². The maximum absolute atomic E-state index is 14.9. The lowest BCUT2D eigenvalue weighted by Gasteiger charge is -2.11. The molecule has 3 rings (SSSR count).